The summed E-state index contributed by atoms with van der Waals surface area (Å²) in [5.74, 6) is 5.54. The number of nitrogens with zero attached hydrogens (tertiary/aromatic N) is 2. The number of aryl methyl sites for hydroxylation is 1. The maximum atomic E-state index is 5.54. The van der Waals surface area contributed by atoms with Crippen molar-refractivity contribution in [3.05, 3.63) is 40.3 Å². The molecule has 2 heterocycles. The van der Waals surface area contributed by atoms with Crippen LogP contribution in [0.5, 0.6) is 0 Å². The van der Waals surface area contributed by atoms with Crippen LogP contribution in [-0.2, 0) is 7.05 Å². The molecular weight excluding hydrogens is 196 g/mol. The lowest BCUT2D eigenvalue weighted by Crippen LogP contribution is -2.29. The van der Waals surface area contributed by atoms with Crippen LogP contribution in [0.1, 0.15) is 16.6 Å². The Morgan fingerprint density at radius 1 is 1.57 bits per heavy atom. The fourth-order valence-corrected chi connectivity index (χ4v) is 2.23. The summed E-state index contributed by atoms with van der Waals surface area (Å²) in [5, 5.41) is 6.16. The molecule has 0 fully saturated rings. The van der Waals surface area contributed by atoms with Gasteiger partial charge in [0, 0.05) is 18.1 Å². The molecule has 5 heteroatoms. The number of nitrogens with one attached hydrogen (secondary N) is 1. The highest BCUT2D eigenvalue weighted by atomic mass is 32.1. The fraction of sp³-hybridized carbons (Fsp3) is 0.222. The van der Waals surface area contributed by atoms with Crippen LogP contribution < -0.4 is 11.3 Å². The molecular formula is C9H12N4S. The number of aromatic nitrogens is 2. The normalized spacial score (nSPS) is 13.0. The van der Waals surface area contributed by atoms with E-state index in [1.165, 1.54) is 4.88 Å². The van der Waals surface area contributed by atoms with Gasteiger partial charge in [-0.3, -0.25) is 10.5 Å². The van der Waals surface area contributed by atoms with Gasteiger partial charge in [-0.1, -0.05) is 6.07 Å². The van der Waals surface area contributed by atoms with Crippen LogP contribution in [0, 0.1) is 0 Å². The van der Waals surface area contributed by atoms with Gasteiger partial charge < -0.3 is 0 Å². The van der Waals surface area contributed by atoms with Crippen molar-refractivity contribution >= 4 is 11.3 Å². The lowest BCUT2D eigenvalue weighted by atomic mass is 10.2. The molecule has 2 aromatic heterocycles. The highest BCUT2D eigenvalue weighted by molar-refractivity contribution is 7.10. The number of hydrogen-bond donors (Lipinski definition) is 2. The van der Waals surface area contributed by atoms with Crippen molar-refractivity contribution in [2.75, 3.05) is 0 Å². The van der Waals surface area contributed by atoms with Crippen LogP contribution in [-0.4, -0.2) is 9.78 Å². The molecule has 0 amide bonds. The lowest BCUT2D eigenvalue weighted by Gasteiger charge is -2.14. The molecule has 1 atom stereocenters. The van der Waals surface area contributed by atoms with Crippen molar-refractivity contribution in [3.63, 3.8) is 0 Å². The van der Waals surface area contributed by atoms with Gasteiger partial charge >= 0.3 is 0 Å². The quantitative estimate of drug-likeness (QED) is 0.585. The van der Waals surface area contributed by atoms with Gasteiger partial charge in [0.05, 0.1) is 11.7 Å². The summed E-state index contributed by atoms with van der Waals surface area (Å²) in [6.07, 6.45) is 1.77. The van der Waals surface area contributed by atoms with Crippen LogP contribution in [0.3, 0.4) is 0 Å². The number of thiophene rings is 1. The maximum Gasteiger partial charge on any atom is 0.0969 e. The monoisotopic (exact) mass is 208 g/mol. The molecule has 0 aromatic carbocycles. The second kappa shape index (κ2) is 3.91. The second-order valence-electron chi connectivity index (χ2n) is 2.99. The first-order valence-corrected chi connectivity index (χ1v) is 5.18. The predicted octanol–water partition coefficient (Wildman–Crippen LogP) is 1.03. The molecule has 0 saturated heterocycles. The summed E-state index contributed by atoms with van der Waals surface area (Å²) in [7, 11) is 1.91. The first-order chi connectivity index (χ1) is 6.83. The Labute approximate surface area is 86.3 Å². The van der Waals surface area contributed by atoms with E-state index in [1.807, 2.05) is 29.2 Å². The van der Waals surface area contributed by atoms with E-state index in [4.69, 9.17) is 5.84 Å². The van der Waals surface area contributed by atoms with Crippen LogP contribution in [0.4, 0.5) is 0 Å². The molecule has 2 aromatic rings. The minimum atomic E-state index is 0.0301. The second-order valence-corrected chi connectivity index (χ2v) is 3.97. The average molecular weight is 208 g/mol. The van der Waals surface area contributed by atoms with E-state index in [1.54, 1.807) is 17.5 Å². The van der Waals surface area contributed by atoms with Gasteiger partial charge in [-0.2, -0.15) is 5.10 Å². The summed E-state index contributed by atoms with van der Waals surface area (Å²) in [5.41, 5.74) is 3.86. The Hall–Kier alpha value is -1.17. The zero-order valence-electron chi connectivity index (χ0n) is 7.84. The van der Waals surface area contributed by atoms with Gasteiger partial charge in [-0.05, 0) is 17.5 Å². The number of hydrogen-bond acceptors (Lipinski definition) is 4. The molecule has 4 nitrogen and oxygen atoms in total. The SMILES string of the molecule is Cn1nccc1C(NN)c1cccs1. The third kappa shape index (κ3) is 1.57. The molecule has 0 aliphatic carbocycles. The molecule has 0 aliphatic heterocycles. The Bertz CT molecular complexity index is 393. The summed E-state index contributed by atoms with van der Waals surface area (Å²) < 4.78 is 1.82. The molecule has 14 heavy (non-hydrogen) atoms. The lowest BCUT2D eigenvalue weighted by molar-refractivity contribution is 0.582. The Morgan fingerprint density at radius 2 is 2.43 bits per heavy atom. The van der Waals surface area contributed by atoms with Crippen LogP contribution in [0.25, 0.3) is 0 Å². The highest BCUT2D eigenvalue weighted by Crippen LogP contribution is 2.24. The Kier molecular flexibility index (Phi) is 2.62. The van der Waals surface area contributed by atoms with Crippen LogP contribution in [0.15, 0.2) is 29.8 Å². The van der Waals surface area contributed by atoms with Gasteiger partial charge in [0.1, 0.15) is 0 Å². The van der Waals surface area contributed by atoms with Crippen molar-refractivity contribution in [1.82, 2.24) is 15.2 Å². The van der Waals surface area contributed by atoms with E-state index < -0.39 is 0 Å². The molecule has 3 N–H and O–H groups in total. The first kappa shape index (κ1) is 9.39. The number of rotatable bonds is 3. The minimum Gasteiger partial charge on any atom is -0.271 e. The predicted molar refractivity (Wildman–Crippen MR) is 56.7 cm³/mol. The number of hydrazine groups is 1. The average Bonchev–Trinajstić information content (AvgIpc) is 2.80. The number of nitrogens with two attached hydrogens (primary N) is 1. The van der Waals surface area contributed by atoms with Crippen molar-refractivity contribution < 1.29 is 0 Å². The molecule has 0 radical (unpaired) electrons. The molecule has 0 saturated carbocycles. The van der Waals surface area contributed by atoms with Crippen molar-refractivity contribution in [2.45, 2.75) is 6.04 Å². The summed E-state index contributed by atoms with van der Waals surface area (Å²) >= 11 is 1.68. The highest BCUT2D eigenvalue weighted by Gasteiger charge is 2.15. The third-order valence-electron chi connectivity index (χ3n) is 2.15. The summed E-state index contributed by atoms with van der Waals surface area (Å²) in [6, 6.07) is 6.06. The molecule has 74 valence electrons. The van der Waals surface area contributed by atoms with E-state index in [0.29, 0.717) is 0 Å². The van der Waals surface area contributed by atoms with E-state index in [9.17, 15) is 0 Å². The third-order valence-corrected chi connectivity index (χ3v) is 3.09. The molecule has 0 aliphatic rings. The van der Waals surface area contributed by atoms with E-state index in [-0.39, 0.29) is 6.04 Å². The Morgan fingerprint density at radius 3 is 2.93 bits per heavy atom. The smallest absolute Gasteiger partial charge is 0.0969 e. The Balaban J connectivity index is 2.36. The van der Waals surface area contributed by atoms with Crippen molar-refractivity contribution in [3.8, 4) is 0 Å². The molecule has 1 unspecified atom stereocenters. The molecule has 0 bridgehead atoms. The molecule has 0 spiro atoms. The fourth-order valence-electron chi connectivity index (χ4n) is 1.44. The largest absolute Gasteiger partial charge is 0.271 e. The molecule has 2 rings (SSSR count). The van der Waals surface area contributed by atoms with E-state index in [2.05, 4.69) is 16.6 Å². The van der Waals surface area contributed by atoms with Gasteiger partial charge in [0.15, 0.2) is 0 Å². The van der Waals surface area contributed by atoms with E-state index >= 15 is 0 Å². The van der Waals surface area contributed by atoms with Crippen molar-refractivity contribution in [1.29, 1.82) is 0 Å². The first-order valence-electron chi connectivity index (χ1n) is 4.30. The van der Waals surface area contributed by atoms with Crippen molar-refractivity contribution in [2.24, 2.45) is 12.9 Å². The summed E-state index contributed by atoms with van der Waals surface area (Å²) in [4.78, 5) is 1.19. The van der Waals surface area contributed by atoms with Gasteiger partial charge in [0.2, 0.25) is 0 Å². The van der Waals surface area contributed by atoms with Gasteiger partial charge in [-0.15, -0.1) is 11.3 Å². The standard InChI is InChI=1S/C9H12N4S/c1-13-7(4-5-11-13)9(12-10)8-3-2-6-14-8/h2-6,9,12H,10H2,1H3. The minimum absolute atomic E-state index is 0.0301. The van der Waals surface area contributed by atoms with Crippen LogP contribution in [0.2, 0.25) is 0 Å². The maximum absolute atomic E-state index is 5.54. The van der Waals surface area contributed by atoms with Crippen LogP contribution >= 0.6 is 11.3 Å². The topological polar surface area (TPSA) is 55.9 Å². The zero-order chi connectivity index (χ0) is 9.97. The summed E-state index contributed by atoms with van der Waals surface area (Å²) in [6.45, 7) is 0. The van der Waals surface area contributed by atoms with Gasteiger partial charge in [-0.25, -0.2) is 5.43 Å². The zero-order valence-corrected chi connectivity index (χ0v) is 8.66. The van der Waals surface area contributed by atoms with E-state index in [0.717, 1.165) is 5.69 Å². The van der Waals surface area contributed by atoms with Gasteiger partial charge in [0.25, 0.3) is 0 Å².